The summed E-state index contributed by atoms with van der Waals surface area (Å²) < 4.78 is 10.4. The van der Waals surface area contributed by atoms with Crippen LogP contribution in [0.5, 0.6) is 0 Å². The number of hydrogen-bond donors (Lipinski definition) is 1. The molecule has 1 rings (SSSR count). The van der Waals surface area contributed by atoms with Crippen LogP contribution in [-0.2, 0) is 11.3 Å². The van der Waals surface area contributed by atoms with Gasteiger partial charge in [0.25, 0.3) is 0 Å². The lowest BCUT2D eigenvalue weighted by Gasteiger charge is -2.02. The average Bonchev–Trinajstić information content (AvgIpc) is 2.63. The predicted molar refractivity (Wildman–Crippen MR) is 60.9 cm³/mol. The maximum Gasteiger partial charge on any atom is 0.117 e. The van der Waals surface area contributed by atoms with Gasteiger partial charge in [-0.15, -0.1) is 0 Å². The van der Waals surface area contributed by atoms with Gasteiger partial charge in [-0.1, -0.05) is 0 Å². The number of nitrogens with one attached hydrogen (secondary N) is 1. The maximum absolute atomic E-state index is 5.45. The standard InChI is InChI=1S/C12H21NO2/c1-11-6-7-12(15-11)10-13-8-4-3-5-9-14-2/h6-7,13H,3-5,8-10H2,1-2H3. The summed E-state index contributed by atoms with van der Waals surface area (Å²) in [6.07, 6.45) is 3.57. The number of ether oxygens (including phenoxy) is 1. The van der Waals surface area contributed by atoms with Gasteiger partial charge in [0.1, 0.15) is 11.5 Å². The normalized spacial score (nSPS) is 10.8. The van der Waals surface area contributed by atoms with E-state index in [-0.39, 0.29) is 0 Å². The SMILES string of the molecule is COCCCCCNCc1ccc(C)o1. The third-order valence-corrected chi connectivity index (χ3v) is 2.30. The van der Waals surface area contributed by atoms with E-state index in [9.17, 15) is 0 Å². The zero-order chi connectivity index (χ0) is 10.9. The van der Waals surface area contributed by atoms with E-state index in [4.69, 9.17) is 9.15 Å². The molecule has 0 aliphatic carbocycles. The number of unbranched alkanes of at least 4 members (excludes halogenated alkanes) is 2. The van der Waals surface area contributed by atoms with Crippen molar-refractivity contribution in [3.8, 4) is 0 Å². The van der Waals surface area contributed by atoms with Crippen LogP contribution >= 0.6 is 0 Å². The topological polar surface area (TPSA) is 34.4 Å². The molecule has 15 heavy (non-hydrogen) atoms. The fraction of sp³-hybridized carbons (Fsp3) is 0.667. The Balaban J connectivity index is 1.93. The first-order valence-electron chi connectivity index (χ1n) is 5.58. The molecule has 0 unspecified atom stereocenters. The largest absolute Gasteiger partial charge is 0.465 e. The van der Waals surface area contributed by atoms with Gasteiger partial charge in [0.2, 0.25) is 0 Å². The van der Waals surface area contributed by atoms with Gasteiger partial charge in [-0.05, 0) is 44.9 Å². The Morgan fingerprint density at radius 1 is 1.27 bits per heavy atom. The number of hydrogen-bond acceptors (Lipinski definition) is 3. The molecule has 0 spiro atoms. The lowest BCUT2D eigenvalue weighted by atomic mass is 10.2. The minimum atomic E-state index is 0.831. The summed E-state index contributed by atoms with van der Waals surface area (Å²) in [5.74, 6) is 2.00. The number of furan rings is 1. The van der Waals surface area contributed by atoms with Crippen LogP contribution in [0.4, 0.5) is 0 Å². The first-order chi connectivity index (χ1) is 7.33. The molecule has 86 valence electrons. The van der Waals surface area contributed by atoms with Crippen LogP contribution in [-0.4, -0.2) is 20.3 Å². The molecular weight excluding hydrogens is 190 g/mol. The number of aryl methyl sites for hydroxylation is 1. The first kappa shape index (κ1) is 12.3. The van der Waals surface area contributed by atoms with Crippen LogP contribution in [0, 0.1) is 6.92 Å². The lowest BCUT2D eigenvalue weighted by Crippen LogP contribution is -2.14. The highest BCUT2D eigenvalue weighted by atomic mass is 16.5. The molecule has 0 atom stereocenters. The van der Waals surface area contributed by atoms with Gasteiger partial charge in [-0.3, -0.25) is 0 Å². The van der Waals surface area contributed by atoms with Crippen molar-refractivity contribution in [3.05, 3.63) is 23.7 Å². The molecule has 1 N–H and O–H groups in total. The van der Waals surface area contributed by atoms with E-state index in [1.54, 1.807) is 7.11 Å². The van der Waals surface area contributed by atoms with Gasteiger partial charge in [0, 0.05) is 13.7 Å². The molecule has 3 heteroatoms. The van der Waals surface area contributed by atoms with Crippen LogP contribution in [0.25, 0.3) is 0 Å². The van der Waals surface area contributed by atoms with Crippen LogP contribution in [0.1, 0.15) is 30.8 Å². The van der Waals surface area contributed by atoms with E-state index >= 15 is 0 Å². The van der Waals surface area contributed by atoms with Gasteiger partial charge >= 0.3 is 0 Å². The van der Waals surface area contributed by atoms with Gasteiger partial charge < -0.3 is 14.5 Å². The van der Waals surface area contributed by atoms with Crippen molar-refractivity contribution in [2.45, 2.75) is 32.7 Å². The molecule has 0 saturated carbocycles. The Bertz CT molecular complexity index is 258. The fourth-order valence-electron chi connectivity index (χ4n) is 1.46. The van der Waals surface area contributed by atoms with Crippen molar-refractivity contribution in [3.63, 3.8) is 0 Å². The zero-order valence-electron chi connectivity index (χ0n) is 9.71. The quantitative estimate of drug-likeness (QED) is 0.671. The van der Waals surface area contributed by atoms with Gasteiger partial charge in [0.15, 0.2) is 0 Å². The predicted octanol–water partition coefficient (Wildman–Crippen LogP) is 2.49. The highest BCUT2D eigenvalue weighted by Gasteiger charge is 1.96. The van der Waals surface area contributed by atoms with Crippen molar-refractivity contribution >= 4 is 0 Å². The van der Waals surface area contributed by atoms with Gasteiger partial charge in [-0.2, -0.15) is 0 Å². The Hall–Kier alpha value is -0.800. The lowest BCUT2D eigenvalue weighted by molar-refractivity contribution is 0.192. The molecule has 0 fully saturated rings. The van der Waals surface area contributed by atoms with Crippen molar-refractivity contribution < 1.29 is 9.15 Å². The minimum Gasteiger partial charge on any atom is -0.465 e. The molecule has 0 amide bonds. The molecule has 0 bridgehead atoms. The zero-order valence-corrected chi connectivity index (χ0v) is 9.71. The van der Waals surface area contributed by atoms with Crippen LogP contribution in [0.3, 0.4) is 0 Å². The Morgan fingerprint density at radius 3 is 2.80 bits per heavy atom. The molecule has 1 aromatic heterocycles. The third-order valence-electron chi connectivity index (χ3n) is 2.30. The van der Waals surface area contributed by atoms with Crippen molar-refractivity contribution in [2.24, 2.45) is 0 Å². The summed E-state index contributed by atoms with van der Waals surface area (Å²) in [6, 6.07) is 4.02. The maximum atomic E-state index is 5.45. The monoisotopic (exact) mass is 211 g/mol. The summed E-state index contributed by atoms with van der Waals surface area (Å²) >= 11 is 0. The number of methoxy groups -OCH3 is 1. The second kappa shape index (κ2) is 7.49. The van der Waals surface area contributed by atoms with E-state index in [0.717, 1.165) is 37.6 Å². The smallest absolute Gasteiger partial charge is 0.117 e. The van der Waals surface area contributed by atoms with E-state index in [0.29, 0.717) is 0 Å². The second-order valence-electron chi connectivity index (χ2n) is 3.74. The summed E-state index contributed by atoms with van der Waals surface area (Å²) in [5, 5.41) is 3.36. The molecule has 0 aliphatic rings. The van der Waals surface area contributed by atoms with Gasteiger partial charge in [-0.25, -0.2) is 0 Å². The number of rotatable bonds is 8. The summed E-state index contributed by atoms with van der Waals surface area (Å²) in [4.78, 5) is 0. The fourth-order valence-corrected chi connectivity index (χ4v) is 1.46. The van der Waals surface area contributed by atoms with Crippen molar-refractivity contribution in [1.82, 2.24) is 5.32 Å². The van der Waals surface area contributed by atoms with E-state index in [2.05, 4.69) is 5.32 Å². The Kier molecular flexibility index (Phi) is 6.12. The molecule has 1 heterocycles. The van der Waals surface area contributed by atoms with Crippen molar-refractivity contribution in [2.75, 3.05) is 20.3 Å². The molecule has 3 nitrogen and oxygen atoms in total. The van der Waals surface area contributed by atoms with Gasteiger partial charge in [0.05, 0.1) is 6.54 Å². The van der Waals surface area contributed by atoms with Crippen LogP contribution < -0.4 is 5.32 Å². The summed E-state index contributed by atoms with van der Waals surface area (Å²) in [7, 11) is 1.75. The highest BCUT2D eigenvalue weighted by Crippen LogP contribution is 2.05. The molecule has 0 saturated heterocycles. The van der Waals surface area contributed by atoms with E-state index < -0.39 is 0 Å². The summed E-state index contributed by atoms with van der Waals surface area (Å²) in [5.41, 5.74) is 0. The molecule has 0 aromatic carbocycles. The second-order valence-corrected chi connectivity index (χ2v) is 3.74. The molecule has 0 radical (unpaired) electrons. The first-order valence-corrected chi connectivity index (χ1v) is 5.58. The third kappa shape index (κ3) is 5.60. The minimum absolute atomic E-state index is 0.831. The van der Waals surface area contributed by atoms with E-state index in [1.807, 2.05) is 19.1 Å². The van der Waals surface area contributed by atoms with Crippen molar-refractivity contribution in [1.29, 1.82) is 0 Å². The summed E-state index contributed by atoms with van der Waals surface area (Å²) in [6.45, 7) is 4.72. The average molecular weight is 211 g/mol. The van der Waals surface area contributed by atoms with Crippen LogP contribution in [0.2, 0.25) is 0 Å². The molecular formula is C12H21NO2. The van der Waals surface area contributed by atoms with E-state index in [1.165, 1.54) is 12.8 Å². The molecule has 1 aromatic rings. The highest BCUT2D eigenvalue weighted by molar-refractivity contribution is 5.04. The Labute approximate surface area is 91.8 Å². The van der Waals surface area contributed by atoms with Crippen LogP contribution in [0.15, 0.2) is 16.5 Å². The molecule has 0 aliphatic heterocycles. The Morgan fingerprint density at radius 2 is 2.13 bits per heavy atom.